The SMILES string of the molecule is O=C(O)[C@H]1CCN(C(=O)c2ccc(OC3CCCC3)cc2)C1. The smallest absolute Gasteiger partial charge is 0.308 e. The molecule has 0 unspecified atom stereocenters. The molecule has 2 aliphatic rings. The van der Waals surface area contributed by atoms with Crippen LogP contribution in [0.4, 0.5) is 0 Å². The molecule has 0 spiro atoms. The van der Waals surface area contributed by atoms with E-state index in [-0.39, 0.29) is 5.91 Å². The molecule has 5 heteroatoms. The number of benzene rings is 1. The van der Waals surface area contributed by atoms with E-state index in [1.165, 1.54) is 12.8 Å². The Bertz CT molecular complexity index is 548. The normalized spacial score (nSPS) is 22.0. The Morgan fingerprint density at radius 2 is 1.77 bits per heavy atom. The topological polar surface area (TPSA) is 66.8 Å². The lowest BCUT2D eigenvalue weighted by Gasteiger charge is -2.17. The standard InChI is InChI=1S/C17H21NO4/c19-16(18-10-9-13(11-18)17(20)21)12-5-7-15(8-6-12)22-14-3-1-2-4-14/h5-8,13-14H,1-4,9-11H2,(H,20,21)/t13-/m0/s1. The van der Waals surface area contributed by atoms with E-state index < -0.39 is 11.9 Å². The second-order valence-electron chi connectivity index (χ2n) is 6.12. The van der Waals surface area contributed by atoms with Crippen LogP contribution in [0.15, 0.2) is 24.3 Å². The lowest BCUT2D eigenvalue weighted by molar-refractivity contribution is -0.141. The Balaban J connectivity index is 1.60. The van der Waals surface area contributed by atoms with Crippen LogP contribution in [0.25, 0.3) is 0 Å². The molecular weight excluding hydrogens is 282 g/mol. The van der Waals surface area contributed by atoms with Gasteiger partial charge in [-0.15, -0.1) is 0 Å². The largest absolute Gasteiger partial charge is 0.490 e. The molecule has 1 aliphatic heterocycles. The van der Waals surface area contributed by atoms with Crippen LogP contribution >= 0.6 is 0 Å². The lowest BCUT2D eigenvalue weighted by atomic mass is 10.1. The Morgan fingerprint density at radius 3 is 2.36 bits per heavy atom. The van der Waals surface area contributed by atoms with E-state index in [1.54, 1.807) is 17.0 Å². The molecule has 3 rings (SSSR count). The first-order valence-corrected chi connectivity index (χ1v) is 7.92. The number of carboxylic acids is 1. The van der Waals surface area contributed by atoms with E-state index in [9.17, 15) is 9.59 Å². The van der Waals surface area contributed by atoms with Crippen molar-refractivity contribution in [3.05, 3.63) is 29.8 Å². The Hall–Kier alpha value is -2.04. The van der Waals surface area contributed by atoms with Crippen molar-refractivity contribution >= 4 is 11.9 Å². The lowest BCUT2D eigenvalue weighted by Crippen LogP contribution is -2.29. The number of likely N-dealkylation sites (tertiary alicyclic amines) is 1. The molecular formula is C17H21NO4. The van der Waals surface area contributed by atoms with Crippen LogP contribution in [-0.4, -0.2) is 41.1 Å². The molecule has 0 aromatic heterocycles. The molecule has 1 aliphatic carbocycles. The summed E-state index contributed by atoms with van der Waals surface area (Å²) in [6, 6.07) is 7.19. The monoisotopic (exact) mass is 303 g/mol. The van der Waals surface area contributed by atoms with E-state index >= 15 is 0 Å². The third-order valence-corrected chi connectivity index (χ3v) is 4.53. The maximum Gasteiger partial charge on any atom is 0.308 e. The maximum atomic E-state index is 12.4. The third-order valence-electron chi connectivity index (χ3n) is 4.53. The minimum atomic E-state index is -0.824. The summed E-state index contributed by atoms with van der Waals surface area (Å²) in [7, 11) is 0. The van der Waals surface area contributed by atoms with Crippen molar-refractivity contribution in [3.63, 3.8) is 0 Å². The average Bonchev–Trinajstić information content (AvgIpc) is 3.18. The van der Waals surface area contributed by atoms with Crippen LogP contribution in [0, 0.1) is 5.92 Å². The summed E-state index contributed by atoms with van der Waals surface area (Å²) < 4.78 is 5.88. The fraction of sp³-hybridized carbons (Fsp3) is 0.529. The highest BCUT2D eigenvalue weighted by Gasteiger charge is 2.31. The highest BCUT2D eigenvalue weighted by atomic mass is 16.5. The average molecular weight is 303 g/mol. The van der Waals surface area contributed by atoms with E-state index in [0.717, 1.165) is 18.6 Å². The molecule has 1 atom stereocenters. The van der Waals surface area contributed by atoms with Gasteiger partial charge in [0, 0.05) is 18.7 Å². The van der Waals surface area contributed by atoms with Crippen molar-refractivity contribution < 1.29 is 19.4 Å². The van der Waals surface area contributed by atoms with Gasteiger partial charge in [0.1, 0.15) is 5.75 Å². The van der Waals surface area contributed by atoms with Gasteiger partial charge in [-0.25, -0.2) is 0 Å². The van der Waals surface area contributed by atoms with Gasteiger partial charge in [0.2, 0.25) is 0 Å². The van der Waals surface area contributed by atoms with E-state index in [4.69, 9.17) is 9.84 Å². The number of hydrogen-bond donors (Lipinski definition) is 1. The van der Waals surface area contributed by atoms with E-state index in [0.29, 0.717) is 31.2 Å². The zero-order valence-electron chi connectivity index (χ0n) is 12.5. The molecule has 2 fully saturated rings. The summed E-state index contributed by atoms with van der Waals surface area (Å²) in [5, 5.41) is 9.00. The molecule has 0 bridgehead atoms. The number of carbonyl (C=O) groups is 2. The Labute approximate surface area is 129 Å². The van der Waals surface area contributed by atoms with Gasteiger partial charge >= 0.3 is 5.97 Å². The van der Waals surface area contributed by atoms with Crippen LogP contribution in [-0.2, 0) is 4.79 Å². The number of ether oxygens (including phenoxy) is 1. The highest BCUT2D eigenvalue weighted by Crippen LogP contribution is 2.25. The van der Waals surface area contributed by atoms with Crippen LogP contribution in [0.3, 0.4) is 0 Å². The van der Waals surface area contributed by atoms with Crippen LogP contribution in [0.2, 0.25) is 0 Å². The van der Waals surface area contributed by atoms with Crippen molar-refractivity contribution in [2.45, 2.75) is 38.2 Å². The first-order valence-electron chi connectivity index (χ1n) is 7.92. The molecule has 1 aromatic carbocycles. The first kappa shape index (κ1) is 14.9. The Morgan fingerprint density at radius 1 is 1.09 bits per heavy atom. The summed E-state index contributed by atoms with van der Waals surface area (Å²) in [4.78, 5) is 24.9. The molecule has 5 nitrogen and oxygen atoms in total. The zero-order chi connectivity index (χ0) is 15.5. The molecule has 22 heavy (non-hydrogen) atoms. The minimum Gasteiger partial charge on any atom is -0.490 e. The maximum absolute atomic E-state index is 12.4. The van der Waals surface area contributed by atoms with Gasteiger partial charge < -0.3 is 14.7 Å². The molecule has 1 saturated heterocycles. The Kier molecular flexibility index (Phi) is 4.32. The number of amides is 1. The van der Waals surface area contributed by atoms with Crippen molar-refractivity contribution in [2.24, 2.45) is 5.92 Å². The van der Waals surface area contributed by atoms with Gasteiger partial charge in [0.05, 0.1) is 12.0 Å². The summed E-state index contributed by atoms with van der Waals surface area (Å²) in [6.45, 7) is 0.810. The quantitative estimate of drug-likeness (QED) is 0.928. The number of aliphatic carboxylic acids is 1. The van der Waals surface area contributed by atoms with Gasteiger partial charge in [-0.1, -0.05) is 0 Å². The van der Waals surface area contributed by atoms with Gasteiger partial charge in [-0.05, 0) is 56.4 Å². The molecule has 0 radical (unpaired) electrons. The zero-order valence-corrected chi connectivity index (χ0v) is 12.5. The van der Waals surface area contributed by atoms with Gasteiger partial charge in [-0.3, -0.25) is 9.59 Å². The minimum absolute atomic E-state index is 0.101. The van der Waals surface area contributed by atoms with Gasteiger partial charge in [0.25, 0.3) is 5.91 Å². The fourth-order valence-electron chi connectivity index (χ4n) is 3.20. The number of carboxylic acid groups (broad SMARTS) is 1. The second-order valence-corrected chi connectivity index (χ2v) is 6.12. The van der Waals surface area contributed by atoms with Crippen molar-refractivity contribution in [2.75, 3.05) is 13.1 Å². The van der Waals surface area contributed by atoms with Crippen LogP contribution in [0.5, 0.6) is 5.75 Å². The fourth-order valence-corrected chi connectivity index (χ4v) is 3.20. The van der Waals surface area contributed by atoms with E-state index in [1.807, 2.05) is 12.1 Å². The van der Waals surface area contributed by atoms with E-state index in [2.05, 4.69) is 0 Å². The predicted molar refractivity (Wildman–Crippen MR) is 81.0 cm³/mol. The molecule has 118 valence electrons. The van der Waals surface area contributed by atoms with Crippen LogP contribution < -0.4 is 4.74 Å². The number of hydrogen-bond acceptors (Lipinski definition) is 3. The molecule has 1 N–H and O–H groups in total. The molecule has 1 heterocycles. The number of rotatable bonds is 4. The highest BCUT2D eigenvalue weighted by molar-refractivity contribution is 5.94. The number of carbonyl (C=O) groups excluding carboxylic acids is 1. The molecule has 1 aromatic rings. The summed E-state index contributed by atoms with van der Waals surface area (Å²) in [5.74, 6) is -0.561. The second kappa shape index (κ2) is 6.38. The van der Waals surface area contributed by atoms with Crippen molar-refractivity contribution in [1.82, 2.24) is 4.90 Å². The predicted octanol–water partition coefficient (Wildman–Crippen LogP) is 2.55. The molecule has 1 saturated carbocycles. The van der Waals surface area contributed by atoms with Gasteiger partial charge in [-0.2, -0.15) is 0 Å². The van der Waals surface area contributed by atoms with Crippen molar-refractivity contribution in [1.29, 1.82) is 0 Å². The molecule has 1 amide bonds. The summed E-state index contributed by atoms with van der Waals surface area (Å²) >= 11 is 0. The summed E-state index contributed by atoms with van der Waals surface area (Å²) in [6.07, 6.45) is 5.48. The number of nitrogens with zero attached hydrogens (tertiary/aromatic N) is 1. The third kappa shape index (κ3) is 3.24. The van der Waals surface area contributed by atoms with Crippen LogP contribution in [0.1, 0.15) is 42.5 Å². The van der Waals surface area contributed by atoms with Gasteiger partial charge in [0.15, 0.2) is 0 Å². The van der Waals surface area contributed by atoms with Crippen molar-refractivity contribution in [3.8, 4) is 5.75 Å². The summed E-state index contributed by atoms with van der Waals surface area (Å²) in [5.41, 5.74) is 0.588. The first-order chi connectivity index (χ1) is 10.6.